The van der Waals surface area contributed by atoms with Crippen molar-refractivity contribution < 1.29 is 19.4 Å². The van der Waals surface area contributed by atoms with Crippen LogP contribution < -0.4 is 0 Å². The highest BCUT2D eigenvalue weighted by molar-refractivity contribution is 5.74. The number of methoxy groups -OCH3 is 1. The first-order valence-electron chi connectivity index (χ1n) is 4.63. The second-order valence-electron chi connectivity index (χ2n) is 3.73. The average molecular weight is 186 g/mol. The third kappa shape index (κ3) is 1.44. The predicted molar refractivity (Wildman–Crippen MR) is 44.0 cm³/mol. The molecule has 4 nitrogen and oxygen atoms in total. The Labute approximate surface area is 76.8 Å². The maximum atomic E-state index is 11.3. The topological polar surface area (TPSA) is 55.8 Å². The van der Waals surface area contributed by atoms with Crippen LogP contribution >= 0.6 is 0 Å². The van der Waals surface area contributed by atoms with Gasteiger partial charge in [-0.3, -0.25) is 4.79 Å². The zero-order valence-electron chi connectivity index (χ0n) is 7.60. The molecule has 0 amide bonds. The van der Waals surface area contributed by atoms with Crippen molar-refractivity contribution in [2.24, 2.45) is 5.92 Å². The van der Waals surface area contributed by atoms with Crippen LogP contribution in [0.5, 0.6) is 0 Å². The first-order chi connectivity index (χ1) is 6.22. The molecule has 0 aliphatic carbocycles. The van der Waals surface area contributed by atoms with E-state index in [0.29, 0.717) is 6.42 Å². The lowest BCUT2D eigenvalue weighted by Crippen LogP contribution is -2.43. The molecular formula is C9H14O4. The van der Waals surface area contributed by atoms with Gasteiger partial charge in [0, 0.05) is 6.42 Å². The van der Waals surface area contributed by atoms with E-state index in [1.165, 1.54) is 7.11 Å². The molecular weight excluding hydrogens is 172 g/mol. The van der Waals surface area contributed by atoms with Gasteiger partial charge in [-0.1, -0.05) is 0 Å². The number of fused-ring (bicyclic) bond motifs is 2. The van der Waals surface area contributed by atoms with Gasteiger partial charge in [0.25, 0.3) is 0 Å². The SMILES string of the molecule is COC(=O)[C@H]1C2CCC(C[C@@H]1O)O2. The predicted octanol–water partition coefficient (Wildman–Crippen LogP) is 0.0878. The van der Waals surface area contributed by atoms with Crippen molar-refractivity contribution in [3.05, 3.63) is 0 Å². The molecule has 2 aliphatic rings. The highest BCUT2D eigenvalue weighted by Gasteiger charge is 2.46. The third-order valence-electron chi connectivity index (χ3n) is 2.93. The van der Waals surface area contributed by atoms with Gasteiger partial charge in [0.15, 0.2) is 0 Å². The molecule has 2 bridgehead atoms. The molecule has 2 rings (SSSR count). The number of hydrogen-bond donors (Lipinski definition) is 1. The van der Waals surface area contributed by atoms with Crippen molar-refractivity contribution in [1.82, 2.24) is 0 Å². The van der Waals surface area contributed by atoms with Gasteiger partial charge in [-0.15, -0.1) is 0 Å². The highest BCUT2D eigenvalue weighted by Crippen LogP contribution is 2.37. The van der Waals surface area contributed by atoms with Crippen LogP contribution in [-0.2, 0) is 14.3 Å². The van der Waals surface area contributed by atoms with E-state index in [1.54, 1.807) is 0 Å². The van der Waals surface area contributed by atoms with Crippen molar-refractivity contribution >= 4 is 5.97 Å². The van der Waals surface area contributed by atoms with E-state index >= 15 is 0 Å². The Balaban J connectivity index is 2.11. The van der Waals surface area contributed by atoms with Gasteiger partial charge in [-0.25, -0.2) is 0 Å². The van der Waals surface area contributed by atoms with Crippen molar-refractivity contribution in [2.75, 3.05) is 7.11 Å². The molecule has 0 aromatic carbocycles. The molecule has 2 saturated heterocycles. The van der Waals surface area contributed by atoms with Crippen LogP contribution in [0.4, 0.5) is 0 Å². The summed E-state index contributed by atoms with van der Waals surface area (Å²) in [5.41, 5.74) is 0. The standard InChI is InChI=1S/C9H14O4/c1-12-9(11)8-6(10)4-5-2-3-7(8)13-5/h5-8,10H,2-4H2,1H3/t5?,6-,7?,8+/m0/s1. The molecule has 0 aromatic rings. The van der Waals surface area contributed by atoms with Crippen LogP contribution in [0.2, 0.25) is 0 Å². The molecule has 4 atom stereocenters. The van der Waals surface area contributed by atoms with Crippen LogP contribution in [0.3, 0.4) is 0 Å². The maximum absolute atomic E-state index is 11.3. The van der Waals surface area contributed by atoms with Crippen molar-refractivity contribution in [2.45, 2.75) is 37.6 Å². The number of esters is 1. The van der Waals surface area contributed by atoms with E-state index in [2.05, 4.69) is 4.74 Å². The number of ether oxygens (including phenoxy) is 2. The Kier molecular flexibility index (Phi) is 2.26. The summed E-state index contributed by atoms with van der Waals surface area (Å²) in [4.78, 5) is 11.3. The number of aliphatic hydroxyl groups is 1. The fraction of sp³-hybridized carbons (Fsp3) is 0.889. The van der Waals surface area contributed by atoms with Crippen LogP contribution in [0.15, 0.2) is 0 Å². The summed E-state index contributed by atoms with van der Waals surface area (Å²) in [6.45, 7) is 0. The fourth-order valence-electron chi connectivity index (χ4n) is 2.28. The Hall–Kier alpha value is -0.610. The van der Waals surface area contributed by atoms with Crippen LogP contribution in [0.1, 0.15) is 19.3 Å². The van der Waals surface area contributed by atoms with Gasteiger partial charge >= 0.3 is 5.97 Å². The van der Waals surface area contributed by atoms with E-state index in [4.69, 9.17) is 4.74 Å². The lowest BCUT2D eigenvalue weighted by molar-refractivity contribution is -0.166. The number of rotatable bonds is 1. The Morgan fingerprint density at radius 2 is 2.31 bits per heavy atom. The van der Waals surface area contributed by atoms with Gasteiger partial charge in [0.1, 0.15) is 5.92 Å². The molecule has 13 heavy (non-hydrogen) atoms. The van der Waals surface area contributed by atoms with E-state index in [-0.39, 0.29) is 18.2 Å². The van der Waals surface area contributed by atoms with Crippen LogP contribution in [-0.4, -0.2) is 36.5 Å². The number of carbonyl (C=O) groups excluding carboxylic acids is 1. The molecule has 0 spiro atoms. The second-order valence-corrected chi connectivity index (χ2v) is 3.73. The molecule has 0 radical (unpaired) electrons. The molecule has 2 fully saturated rings. The summed E-state index contributed by atoms with van der Waals surface area (Å²) in [5.74, 6) is -0.818. The average Bonchev–Trinajstić information content (AvgIpc) is 2.48. The summed E-state index contributed by atoms with van der Waals surface area (Å²) in [6, 6.07) is 0. The zero-order valence-corrected chi connectivity index (χ0v) is 7.60. The summed E-state index contributed by atoms with van der Waals surface area (Å²) < 4.78 is 10.2. The van der Waals surface area contributed by atoms with Crippen molar-refractivity contribution in [1.29, 1.82) is 0 Å². The summed E-state index contributed by atoms with van der Waals surface area (Å²) >= 11 is 0. The largest absolute Gasteiger partial charge is 0.469 e. The minimum absolute atomic E-state index is 0.124. The molecule has 2 aliphatic heterocycles. The molecule has 0 saturated carbocycles. The lowest BCUT2D eigenvalue weighted by Gasteiger charge is -2.31. The van der Waals surface area contributed by atoms with E-state index in [1.807, 2.05) is 0 Å². The van der Waals surface area contributed by atoms with Gasteiger partial charge in [0.05, 0.1) is 25.4 Å². The smallest absolute Gasteiger partial charge is 0.313 e. The molecule has 4 heteroatoms. The lowest BCUT2D eigenvalue weighted by atomic mass is 9.92. The second kappa shape index (κ2) is 3.27. The Morgan fingerprint density at radius 3 is 3.00 bits per heavy atom. The Morgan fingerprint density at radius 1 is 1.54 bits per heavy atom. The summed E-state index contributed by atoms with van der Waals surface area (Å²) in [6.07, 6.45) is 1.83. The first-order valence-corrected chi connectivity index (χ1v) is 4.63. The van der Waals surface area contributed by atoms with Gasteiger partial charge < -0.3 is 14.6 Å². The Bertz CT molecular complexity index is 216. The molecule has 74 valence electrons. The third-order valence-corrected chi connectivity index (χ3v) is 2.93. The van der Waals surface area contributed by atoms with Crippen LogP contribution in [0, 0.1) is 5.92 Å². The van der Waals surface area contributed by atoms with E-state index in [0.717, 1.165) is 12.8 Å². The van der Waals surface area contributed by atoms with Gasteiger partial charge in [0.2, 0.25) is 0 Å². The fourth-order valence-corrected chi connectivity index (χ4v) is 2.28. The number of aliphatic hydroxyl groups excluding tert-OH is 1. The minimum Gasteiger partial charge on any atom is -0.469 e. The monoisotopic (exact) mass is 186 g/mol. The van der Waals surface area contributed by atoms with Crippen LogP contribution in [0.25, 0.3) is 0 Å². The highest BCUT2D eigenvalue weighted by atomic mass is 16.5. The maximum Gasteiger partial charge on any atom is 0.313 e. The number of hydrogen-bond acceptors (Lipinski definition) is 4. The van der Waals surface area contributed by atoms with Gasteiger partial charge in [-0.05, 0) is 12.8 Å². The zero-order chi connectivity index (χ0) is 9.42. The molecule has 1 N–H and O–H groups in total. The first kappa shape index (κ1) is 8.97. The van der Waals surface area contributed by atoms with Crippen molar-refractivity contribution in [3.63, 3.8) is 0 Å². The molecule has 0 aromatic heterocycles. The number of carbonyl (C=O) groups is 1. The summed E-state index contributed by atoms with van der Waals surface area (Å²) in [5, 5.41) is 9.67. The minimum atomic E-state index is -0.585. The van der Waals surface area contributed by atoms with Crippen molar-refractivity contribution in [3.8, 4) is 0 Å². The van der Waals surface area contributed by atoms with Gasteiger partial charge in [-0.2, -0.15) is 0 Å². The quantitative estimate of drug-likeness (QED) is 0.589. The van der Waals surface area contributed by atoms with E-state index < -0.39 is 12.0 Å². The molecule has 2 heterocycles. The van der Waals surface area contributed by atoms with E-state index in [9.17, 15) is 9.90 Å². The normalized spacial score (nSPS) is 43.2. The summed E-state index contributed by atoms with van der Waals surface area (Å²) in [7, 11) is 1.34. The molecule has 2 unspecified atom stereocenters.